The highest BCUT2D eigenvalue weighted by Gasteiger charge is 2.38. The van der Waals surface area contributed by atoms with Crippen molar-refractivity contribution < 1.29 is 9.53 Å². The van der Waals surface area contributed by atoms with Gasteiger partial charge >= 0.3 is 0 Å². The average molecular weight is 509 g/mol. The van der Waals surface area contributed by atoms with Crippen molar-refractivity contribution in [1.29, 1.82) is 0 Å². The zero-order valence-corrected chi connectivity index (χ0v) is 21.2. The van der Waals surface area contributed by atoms with Gasteiger partial charge in [0.1, 0.15) is 22.5 Å². The molecule has 3 aromatic carbocycles. The summed E-state index contributed by atoms with van der Waals surface area (Å²) in [6, 6.07) is 27.4. The van der Waals surface area contributed by atoms with E-state index in [1.54, 1.807) is 18.9 Å². The fourth-order valence-electron chi connectivity index (χ4n) is 4.50. The number of benzene rings is 3. The Morgan fingerprint density at radius 1 is 0.865 bits per heavy atom. The van der Waals surface area contributed by atoms with Crippen LogP contribution < -0.4 is 9.64 Å². The van der Waals surface area contributed by atoms with Crippen LogP contribution in [-0.2, 0) is 4.79 Å². The molecule has 1 aliphatic heterocycles. The van der Waals surface area contributed by atoms with Crippen LogP contribution in [0, 0.1) is 6.92 Å². The van der Waals surface area contributed by atoms with Crippen LogP contribution in [0.3, 0.4) is 0 Å². The first kappa shape index (κ1) is 23.1. The van der Waals surface area contributed by atoms with Gasteiger partial charge in [0.25, 0.3) is 0 Å². The zero-order valence-electron chi connectivity index (χ0n) is 20.4. The molecule has 184 valence electrons. The average Bonchev–Trinajstić information content (AvgIpc) is 3.66. The molecular weight excluding hydrogens is 484 g/mol. The molecule has 0 saturated carbocycles. The van der Waals surface area contributed by atoms with Gasteiger partial charge in [-0.15, -0.1) is 16.9 Å². The van der Waals surface area contributed by atoms with Crippen LogP contribution in [0.15, 0.2) is 91.1 Å². The van der Waals surface area contributed by atoms with Crippen LogP contribution >= 0.6 is 11.8 Å². The van der Waals surface area contributed by atoms with Crippen molar-refractivity contribution in [2.75, 3.05) is 17.8 Å². The van der Waals surface area contributed by atoms with Gasteiger partial charge in [-0.3, -0.25) is 9.69 Å². The normalized spacial score (nSPS) is 15.4. The van der Waals surface area contributed by atoms with E-state index in [0.717, 1.165) is 34.1 Å². The number of hydrogen-bond acceptors (Lipinski definition) is 6. The molecule has 1 atom stereocenters. The summed E-state index contributed by atoms with van der Waals surface area (Å²) in [6.45, 7) is 1.99. The maximum absolute atomic E-state index is 13.1. The van der Waals surface area contributed by atoms with Gasteiger partial charge in [-0.1, -0.05) is 41.6 Å². The molecule has 1 aliphatic rings. The van der Waals surface area contributed by atoms with Crippen molar-refractivity contribution in [3.63, 3.8) is 0 Å². The molecule has 37 heavy (non-hydrogen) atoms. The van der Waals surface area contributed by atoms with Crippen LogP contribution in [0.5, 0.6) is 5.75 Å². The van der Waals surface area contributed by atoms with Crippen LogP contribution in [-0.4, -0.2) is 43.5 Å². The lowest BCUT2D eigenvalue weighted by Crippen LogP contribution is -2.27. The van der Waals surface area contributed by atoms with Crippen molar-refractivity contribution in [1.82, 2.24) is 24.8 Å². The lowest BCUT2D eigenvalue weighted by molar-refractivity contribution is -0.115. The van der Waals surface area contributed by atoms with Gasteiger partial charge in [0, 0.05) is 17.4 Å². The number of ether oxygens (including phenoxy) is 1. The molecule has 1 unspecified atom stereocenters. The van der Waals surface area contributed by atoms with Gasteiger partial charge in [-0.25, -0.2) is 9.36 Å². The molecule has 1 amide bonds. The minimum absolute atomic E-state index is 0.0447. The Kier molecular flexibility index (Phi) is 5.97. The Bertz CT molecular complexity index is 1550. The predicted octanol–water partition coefficient (Wildman–Crippen LogP) is 5.22. The molecule has 0 aliphatic carbocycles. The van der Waals surface area contributed by atoms with Crippen LogP contribution in [0.2, 0.25) is 0 Å². The number of carbonyl (C=O) groups excluding carboxylic acids is 1. The third kappa shape index (κ3) is 4.17. The largest absolute Gasteiger partial charge is 0.497 e. The third-order valence-corrected chi connectivity index (χ3v) is 7.56. The number of carbonyl (C=O) groups is 1. The van der Waals surface area contributed by atoms with Crippen LogP contribution in [0.1, 0.15) is 16.6 Å². The minimum Gasteiger partial charge on any atom is -0.497 e. The first-order valence-electron chi connectivity index (χ1n) is 11.8. The summed E-state index contributed by atoms with van der Waals surface area (Å²) in [7, 11) is 1.63. The fraction of sp³-hybridized carbons (Fsp3) is 0.143. The van der Waals surface area contributed by atoms with Gasteiger partial charge in [-0.2, -0.15) is 5.10 Å². The molecule has 0 radical (unpaired) electrons. The molecule has 1 saturated heterocycles. The smallest absolute Gasteiger partial charge is 0.238 e. The molecule has 5 aromatic rings. The standard InChI is InChI=1S/C28H24N6O2S/c1-19-26(29-31-34(19)22-11-7-4-8-12-22)27-24(17-32(30-27)20-9-5-3-6-10-20)28-33(25(35)18-37-28)21-13-15-23(36-2)16-14-21/h3-17,28H,18H2,1-2H3. The van der Waals surface area contributed by atoms with Crippen molar-refractivity contribution in [2.24, 2.45) is 0 Å². The number of amides is 1. The number of para-hydroxylation sites is 2. The minimum atomic E-state index is -0.269. The molecule has 0 bridgehead atoms. The lowest BCUT2D eigenvalue weighted by atomic mass is 10.1. The number of aromatic nitrogens is 5. The molecule has 0 spiro atoms. The number of thioether (sulfide) groups is 1. The van der Waals surface area contributed by atoms with Gasteiger partial charge in [-0.05, 0) is 55.5 Å². The maximum Gasteiger partial charge on any atom is 0.238 e. The second-order valence-corrected chi connectivity index (χ2v) is 9.68. The van der Waals surface area contributed by atoms with E-state index >= 15 is 0 Å². The second kappa shape index (κ2) is 9.59. The van der Waals surface area contributed by atoms with E-state index in [9.17, 15) is 4.79 Å². The van der Waals surface area contributed by atoms with E-state index in [1.165, 1.54) is 0 Å². The Morgan fingerprint density at radius 3 is 2.22 bits per heavy atom. The molecular formula is C28H24N6O2S. The topological polar surface area (TPSA) is 78.1 Å². The van der Waals surface area contributed by atoms with E-state index in [-0.39, 0.29) is 11.3 Å². The number of rotatable bonds is 6. The first-order valence-corrected chi connectivity index (χ1v) is 12.9. The second-order valence-electron chi connectivity index (χ2n) is 8.61. The quantitative estimate of drug-likeness (QED) is 0.313. The Labute approximate surface area is 218 Å². The third-order valence-electron chi connectivity index (χ3n) is 6.37. The molecule has 0 N–H and O–H groups in total. The summed E-state index contributed by atoms with van der Waals surface area (Å²) >= 11 is 1.58. The van der Waals surface area contributed by atoms with Crippen molar-refractivity contribution in [2.45, 2.75) is 12.3 Å². The van der Waals surface area contributed by atoms with Crippen LogP contribution in [0.4, 0.5) is 5.69 Å². The molecule has 3 heterocycles. The number of anilines is 1. The van der Waals surface area contributed by atoms with Crippen molar-refractivity contribution in [3.05, 3.63) is 102 Å². The Morgan fingerprint density at radius 2 is 1.54 bits per heavy atom. The van der Waals surface area contributed by atoms with E-state index in [2.05, 4.69) is 10.3 Å². The van der Waals surface area contributed by atoms with Crippen molar-refractivity contribution in [3.8, 4) is 28.5 Å². The molecule has 8 nitrogen and oxygen atoms in total. The number of hydrogen-bond donors (Lipinski definition) is 0. The van der Waals surface area contributed by atoms with Gasteiger partial charge in [0.15, 0.2) is 0 Å². The molecule has 1 fully saturated rings. The van der Waals surface area contributed by atoms with Gasteiger partial charge in [0.05, 0.1) is 29.9 Å². The summed E-state index contributed by atoms with van der Waals surface area (Å²) < 4.78 is 8.97. The summed E-state index contributed by atoms with van der Waals surface area (Å²) in [5.74, 6) is 1.16. The highest BCUT2D eigenvalue weighted by molar-refractivity contribution is 8.00. The summed E-state index contributed by atoms with van der Waals surface area (Å²) in [4.78, 5) is 14.9. The SMILES string of the molecule is COc1ccc(N2C(=O)CSC2c2cn(-c3ccccc3)nc2-c2nnn(-c3ccccc3)c2C)cc1. The Balaban J connectivity index is 1.49. The van der Waals surface area contributed by atoms with E-state index in [0.29, 0.717) is 17.1 Å². The van der Waals surface area contributed by atoms with Crippen LogP contribution in [0.25, 0.3) is 22.8 Å². The van der Waals surface area contributed by atoms with Gasteiger partial charge in [0.2, 0.25) is 5.91 Å². The number of nitrogens with zero attached hydrogens (tertiary/aromatic N) is 6. The van der Waals surface area contributed by atoms with E-state index in [4.69, 9.17) is 9.84 Å². The van der Waals surface area contributed by atoms with Crippen molar-refractivity contribution >= 4 is 23.4 Å². The number of methoxy groups -OCH3 is 1. The molecule has 2 aromatic heterocycles. The highest BCUT2D eigenvalue weighted by atomic mass is 32.2. The van der Waals surface area contributed by atoms with Gasteiger partial charge < -0.3 is 4.74 Å². The maximum atomic E-state index is 13.1. The van der Waals surface area contributed by atoms with E-state index in [1.807, 2.05) is 112 Å². The lowest BCUT2D eigenvalue weighted by Gasteiger charge is -2.24. The highest BCUT2D eigenvalue weighted by Crippen LogP contribution is 2.45. The summed E-state index contributed by atoms with van der Waals surface area (Å²) in [5, 5.41) is 13.7. The van der Waals surface area contributed by atoms with E-state index < -0.39 is 0 Å². The summed E-state index contributed by atoms with van der Waals surface area (Å²) in [5.41, 5.74) is 5.82. The Hall–Kier alpha value is -4.37. The zero-order chi connectivity index (χ0) is 25.4. The molecule has 9 heteroatoms. The fourth-order valence-corrected chi connectivity index (χ4v) is 5.68. The molecule has 6 rings (SSSR count). The monoisotopic (exact) mass is 508 g/mol. The first-order chi connectivity index (χ1) is 18.1. The predicted molar refractivity (Wildman–Crippen MR) is 144 cm³/mol. The summed E-state index contributed by atoms with van der Waals surface area (Å²) in [6.07, 6.45) is 2.00.